The van der Waals surface area contributed by atoms with Crippen LogP contribution >= 0.6 is 35.1 Å². The van der Waals surface area contributed by atoms with E-state index in [0.717, 1.165) is 49.5 Å². The number of halogens is 1. The van der Waals surface area contributed by atoms with Gasteiger partial charge in [-0.15, -0.1) is 0 Å². The van der Waals surface area contributed by atoms with E-state index in [0.29, 0.717) is 5.02 Å². The smallest absolute Gasteiger partial charge is 0.227 e. The maximum Gasteiger partial charge on any atom is 0.227 e. The number of nitrogens with zero attached hydrogens (tertiary/aromatic N) is 4. The molecular weight excluding hydrogens is 324 g/mol. The first-order chi connectivity index (χ1) is 10.3. The molecular formula is C14H21ClN4S2. The summed E-state index contributed by atoms with van der Waals surface area (Å²) >= 11 is 10.4. The number of aromatic nitrogens is 2. The van der Waals surface area contributed by atoms with Gasteiger partial charge in [0.25, 0.3) is 0 Å². The summed E-state index contributed by atoms with van der Waals surface area (Å²) in [5, 5.41) is 0.676. The molecule has 0 unspecified atom stereocenters. The van der Waals surface area contributed by atoms with Crippen molar-refractivity contribution < 1.29 is 0 Å². The predicted octanol–water partition coefficient (Wildman–Crippen LogP) is 3.02. The van der Waals surface area contributed by atoms with Crippen molar-refractivity contribution in [2.75, 3.05) is 59.0 Å². The van der Waals surface area contributed by atoms with Crippen molar-refractivity contribution in [3.63, 3.8) is 0 Å². The van der Waals surface area contributed by atoms with Gasteiger partial charge in [-0.1, -0.05) is 11.6 Å². The molecule has 0 atom stereocenters. The van der Waals surface area contributed by atoms with Crippen LogP contribution in [0, 0.1) is 0 Å². The molecule has 0 aromatic carbocycles. The van der Waals surface area contributed by atoms with Crippen LogP contribution in [0.4, 0.5) is 11.8 Å². The molecule has 116 valence electrons. The second kappa shape index (κ2) is 7.79. The molecule has 0 amide bonds. The number of rotatable bonds is 2. The third-order valence-electron chi connectivity index (χ3n) is 3.74. The molecule has 4 nitrogen and oxygen atoms in total. The Hall–Kier alpha value is -0.330. The van der Waals surface area contributed by atoms with Crippen LogP contribution in [0.1, 0.15) is 12.8 Å². The lowest BCUT2D eigenvalue weighted by Crippen LogP contribution is -2.30. The first-order valence-electron chi connectivity index (χ1n) is 7.52. The summed E-state index contributed by atoms with van der Waals surface area (Å²) in [7, 11) is 0. The van der Waals surface area contributed by atoms with Crippen LogP contribution in [0.25, 0.3) is 0 Å². The zero-order chi connectivity index (χ0) is 14.5. The van der Waals surface area contributed by atoms with Crippen LogP contribution in [0.15, 0.2) is 6.20 Å². The van der Waals surface area contributed by atoms with E-state index in [1.165, 1.54) is 24.3 Å². The van der Waals surface area contributed by atoms with E-state index in [1.54, 1.807) is 6.20 Å². The van der Waals surface area contributed by atoms with E-state index >= 15 is 0 Å². The summed E-state index contributed by atoms with van der Waals surface area (Å²) in [5.41, 5.74) is 0. The molecule has 0 aliphatic carbocycles. The summed E-state index contributed by atoms with van der Waals surface area (Å²) in [6.45, 7) is 4.14. The van der Waals surface area contributed by atoms with Crippen LogP contribution in [0.2, 0.25) is 5.02 Å². The van der Waals surface area contributed by atoms with Crippen molar-refractivity contribution in [1.29, 1.82) is 0 Å². The van der Waals surface area contributed by atoms with Crippen molar-refractivity contribution in [1.82, 2.24) is 9.97 Å². The Labute approximate surface area is 140 Å². The molecule has 3 rings (SSSR count). The predicted molar refractivity (Wildman–Crippen MR) is 95.4 cm³/mol. The van der Waals surface area contributed by atoms with Gasteiger partial charge in [-0.2, -0.15) is 28.5 Å². The molecule has 3 heterocycles. The van der Waals surface area contributed by atoms with Crippen molar-refractivity contribution >= 4 is 46.9 Å². The lowest BCUT2D eigenvalue weighted by Gasteiger charge is -2.25. The first-order valence-corrected chi connectivity index (χ1v) is 10.2. The van der Waals surface area contributed by atoms with E-state index < -0.39 is 0 Å². The summed E-state index contributed by atoms with van der Waals surface area (Å²) in [6.07, 6.45) is 4.17. The Morgan fingerprint density at radius 1 is 0.905 bits per heavy atom. The molecule has 0 bridgehead atoms. The molecule has 0 N–H and O–H groups in total. The van der Waals surface area contributed by atoms with Gasteiger partial charge in [-0.3, -0.25) is 0 Å². The van der Waals surface area contributed by atoms with Crippen molar-refractivity contribution in [3.8, 4) is 0 Å². The maximum atomic E-state index is 6.36. The second-order valence-corrected chi connectivity index (χ2v) is 8.10. The van der Waals surface area contributed by atoms with Gasteiger partial charge >= 0.3 is 0 Å². The van der Waals surface area contributed by atoms with E-state index in [2.05, 4.69) is 14.8 Å². The zero-order valence-corrected chi connectivity index (χ0v) is 14.5. The topological polar surface area (TPSA) is 32.3 Å². The second-order valence-electron chi connectivity index (χ2n) is 5.25. The third-order valence-corrected chi connectivity index (χ3v) is 6.10. The van der Waals surface area contributed by atoms with E-state index in [4.69, 9.17) is 16.6 Å². The minimum atomic E-state index is 0.676. The quantitative estimate of drug-likeness (QED) is 0.820. The van der Waals surface area contributed by atoms with Crippen LogP contribution in [-0.4, -0.2) is 59.2 Å². The molecule has 7 heteroatoms. The molecule has 2 fully saturated rings. The lowest BCUT2D eigenvalue weighted by atomic mass is 10.4. The molecule has 0 spiro atoms. The molecule has 2 saturated heterocycles. The zero-order valence-electron chi connectivity index (χ0n) is 12.1. The standard InChI is InChI=1S/C14H21ClN4S2/c15-12-11-16-14(19-4-2-8-21-10-6-19)17-13(12)18-3-1-7-20-9-5-18/h11H,1-10H2. The minimum absolute atomic E-state index is 0.676. The van der Waals surface area contributed by atoms with Gasteiger partial charge in [0.2, 0.25) is 5.95 Å². The van der Waals surface area contributed by atoms with Gasteiger partial charge in [0.1, 0.15) is 5.02 Å². The van der Waals surface area contributed by atoms with Gasteiger partial charge in [0.15, 0.2) is 5.82 Å². The summed E-state index contributed by atoms with van der Waals surface area (Å²) in [6, 6.07) is 0. The highest BCUT2D eigenvalue weighted by molar-refractivity contribution is 7.99. The Bertz CT molecular complexity index is 458. The van der Waals surface area contributed by atoms with Crippen molar-refractivity contribution in [3.05, 3.63) is 11.2 Å². The average Bonchev–Trinajstić information content (AvgIpc) is 2.92. The maximum absolute atomic E-state index is 6.36. The fourth-order valence-corrected chi connectivity index (χ4v) is 4.61. The van der Waals surface area contributed by atoms with E-state index in [-0.39, 0.29) is 0 Å². The largest absolute Gasteiger partial charge is 0.354 e. The van der Waals surface area contributed by atoms with Crippen LogP contribution in [0.5, 0.6) is 0 Å². The van der Waals surface area contributed by atoms with Crippen LogP contribution < -0.4 is 9.80 Å². The molecule has 1 aromatic rings. The lowest BCUT2D eigenvalue weighted by molar-refractivity contribution is 0.764. The Kier molecular flexibility index (Phi) is 5.77. The fraction of sp³-hybridized carbons (Fsp3) is 0.714. The van der Waals surface area contributed by atoms with Gasteiger partial charge in [-0.25, -0.2) is 4.98 Å². The summed E-state index contributed by atoms with van der Waals surface area (Å²) < 4.78 is 0. The molecule has 0 saturated carbocycles. The average molecular weight is 345 g/mol. The van der Waals surface area contributed by atoms with Crippen molar-refractivity contribution in [2.24, 2.45) is 0 Å². The number of thioether (sulfide) groups is 2. The van der Waals surface area contributed by atoms with Crippen LogP contribution in [0.3, 0.4) is 0 Å². The molecule has 21 heavy (non-hydrogen) atoms. The highest BCUT2D eigenvalue weighted by Crippen LogP contribution is 2.27. The summed E-state index contributed by atoms with van der Waals surface area (Å²) in [4.78, 5) is 13.9. The third kappa shape index (κ3) is 4.11. The first kappa shape index (κ1) is 15.6. The molecule has 1 aromatic heterocycles. The Morgan fingerprint density at radius 2 is 1.57 bits per heavy atom. The van der Waals surface area contributed by atoms with Crippen LogP contribution in [-0.2, 0) is 0 Å². The number of anilines is 2. The monoisotopic (exact) mass is 344 g/mol. The molecule has 0 radical (unpaired) electrons. The highest BCUT2D eigenvalue weighted by Gasteiger charge is 2.19. The van der Waals surface area contributed by atoms with E-state index in [1.807, 2.05) is 23.5 Å². The number of hydrogen-bond donors (Lipinski definition) is 0. The fourth-order valence-electron chi connectivity index (χ4n) is 2.63. The van der Waals surface area contributed by atoms with Gasteiger partial charge in [-0.05, 0) is 24.3 Å². The van der Waals surface area contributed by atoms with Crippen molar-refractivity contribution in [2.45, 2.75) is 12.8 Å². The minimum Gasteiger partial charge on any atom is -0.354 e. The molecule has 2 aliphatic heterocycles. The normalized spacial score (nSPS) is 21.0. The van der Waals surface area contributed by atoms with E-state index in [9.17, 15) is 0 Å². The van der Waals surface area contributed by atoms with Gasteiger partial charge in [0, 0.05) is 37.7 Å². The molecule has 2 aliphatic rings. The van der Waals surface area contributed by atoms with Gasteiger partial charge < -0.3 is 9.80 Å². The Morgan fingerprint density at radius 3 is 2.33 bits per heavy atom. The summed E-state index contributed by atoms with van der Waals surface area (Å²) in [5.74, 6) is 6.53. The SMILES string of the molecule is Clc1cnc(N2CCCSCC2)nc1N1CCCSCC1. The number of hydrogen-bond acceptors (Lipinski definition) is 6. The highest BCUT2D eigenvalue weighted by atomic mass is 35.5. The Balaban J connectivity index is 1.81. The van der Waals surface area contributed by atoms with Gasteiger partial charge in [0.05, 0.1) is 6.20 Å².